The molecule has 3 aromatic rings. The molecule has 0 atom stereocenters. The van der Waals surface area contributed by atoms with Crippen molar-refractivity contribution in [1.82, 2.24) is 21.2 Å². The lowest BCUT2D eigenvalue weighted by molar-refractivity contribution is -0.118. The third kappa shape index (κ3) is 5.61. The Morgan fingerprint density at radius 2 is 1.34 bits per heavy atom. The van der Waals surface area contributed by atoms with Gasteiger partial charge in [0.25, 0.3) is 17.7 Å². The Labute approximate surface area is 167 Å². The topological polar surface area (TPSA) is 100 Å². The molecule has 3 N–H and O–H groups in total. The van der Waals surface area contributed by atoms with Gasteiger partial charge in [0.05, 0.1) is 0 Å². The first-order valence-corrected chi connectivity index (χ1v) is 8.77. The Morgan fingerprint density at radius 3 is 1.93 bits per heavy atom. The zero-order valence-corrected chi connectivity index (χ0v) is 15.3. The summed E-state index contributed by atoms with van der Waals surface area (Å²) in [6.45, 7) is 0. The van der Waals surface area contributed by atoms with Crippen molar-refractivity contribution in [1.29, 1.82) is 0 Å². The van der Waals surface area contributed by atoms with E-state index in [-0.39, 0.29) is 5.70 Å². The zero-order valence-electron chi connectivity index (χ0n) is 15.3. The van der Waals surface area contributed by atoms with Crippen LogP contribution in [0.4, 0.5) is 0 Å². The van der Waals surface area contributed by atoms with Crippen molar-refractivity contribution >= 4 is 23.8 Å². The number of hydrazine groups is 1. The molecule has 0 saturated carbocycles. The maximum Gasteiger partial charge on any atom is 0.286 e. The molecule has 29 heavy (non-hydrogen) atoms. The molecule has 0 fully saturated rings. The number of carbonyl (C=O) groups is 3. The van der Waals surface area contributed by atoms with Gasteiger partial charge in [0.1, 0.15) is 5.70 Å². The van der Waals surface area contributed by atoms with E-state index in [9.17, 15) is 14.4 Å². The summed E-state index contributed by atoms with van der Waals surface area (Å²) in [7, 11) is 0. The lowest BCUT2D eigenvalue weighted by Gasteiger charge is -2.12. The van der Waals surface area contributed by atoms with Gasteiger partial charge in [-0.05, 0) is 42.0 Å². The van der Waals surface area contributed by atoms with Crippen LogP contribution in [0.5, 0.6) is 0 Å². The predicted octanol–water partition coefficient (Wildman–Crippen LogP) is 2.31. The molecule has 1 aromatic heterocycles. The number of hydrogen-bond acceptors (Lipinski definition) is 4. The molecular weight excluding hydrogens is 368 g/mol. The number of benzene rings is 2. The monoisotopic (exact) mass is 386 g/mol. The molecule has 0 saturated heterocycles. The SMILES string of the molecule is O=C(NNC(=O)c1ccccc1)/C(=C\c1cccnc1)NC(=O)c1ccccc1. The van der Waals surface area contributed by atoms with Crippen molar-refractivity contribution in [2.24, 2.45) is 0 Å². The minimum atomic E-state index is -0.678. The molecule has 3 rings (SSSR count). The number of pyridine rings is 1. The number of aromatic nitrogens is 1. The molecule has 0 unspecified atom stereocenters. The van der Waals surface area contributed by atoms with E-state index >= 15 is 0 Å². The highest BCUT2D eigenvalue weighted by atomic mass is 16.2. The number of nitrogens with zero attached hydrogens (tertiary/aromatic N) is 1. The summed E-state index contributed by atoms with van der Waals surface area (Å²) in [5.74, 6) is -1.61. The molecule has 144 valence electrons. The first kappa shape index (κ1) is 19.5. The second kappa shape index (κ2) is 9.61. The molecule has 0 spiro atoms. The average Bonchev–Trinajstić information content (AvgIpc) is 2.78. The molecule has 7 nitrogen and oxygen atoms in total. The maximum absolute atomic E-state index is 12.6. The zero-order chi connectivity index (χ0) is 20.5. The largest absolute Gasteiger partial charge is 0.317 e. The molecule has 0 aliphatic rings. The smallest absolute Gasteiger partial charge is 0.286 e. The van der Waals surface area contributed by atoms with Gasteiger partial charge in [-0.15, -0.1) is 0 Å². The van der Waals surface area contributed by atoms with E-state index in [2.05, 4.69) is 21.2 Å². The van der Waals surface area contributed by atoms with Crippen molar-refractivity contribution in [3.05, 3.63) is 108 Å². The number of rotatable bonds is 5. The summed E-state index contributed by atoms with van der Waals surface area (Å²) < 4.78 is 0. The first-order valence-electron chi connectivity index (χ1n) is 8.77. The normalized spacial score (nSPS) is 10.7. The molecule has 0 radical (unpaired) electrons. The predicted molar refractivity (Wildman–Crippen MR) is 108 cm³/mol. The third-order valence-corrected chi connectivity index (χ3v) is 3.85. The van der Waals surface area contributed by atoms with Crippen LogP contribution >= 0.6 is 0 Å². The summed E-state index contributed by atoms with van der Waals surface area (Å²) in [6, 6.07) is 20.4. The fourth-order valence-corrected chi connectivity index (χ4v) is 2.41. The molecule has 3 amide bonds. The van der Waals surface area contributed by atoms with Gasteiger partial charge in [-0.2, -0.15) is 0 Å². The van der Waals surface area contributed by atoms with Crippen molar-refractivity contribution in [2.75, 3.05) is 0 Å². The van der Waals surface area contributed by atoms with E-state index in [0.717, 1.165) is 0 Å². The van der Waals surface area contributed by atoms with E-state index < -0.39 is 17.7 Å². The van der Waals surface area contributed by atoms with Crippen LogP contribution in [0.3, 0.4) is 0 Å². The molecule has 0 aliphatic carbocycles. The van der Waals surface area contributed by atoms with Crippen LogP contribution in [0.25, 0.3) is 6.08 Å². The Hall–Kier alpha value is -4.26. The highest BCUT2D eigenvalue weighted by Crippen LogP contribution is 2.06. The number of nitrogens with one attached hydrogen (secondary N) is 3. The van der Waals surface area contributed by atoms with E-state index in [4.69, 9.17) is 0 Å². The van der Waals surface area contributed by atoms with Gasteiger partial charge < -0.3 is 5.32 Å². The van der Waals surface area contributed by atoms with Gasteiger partial charge in [-0.3, -0.25) is 30.2 Å². The van der Waals surface area contributed by atoms with Crippen molar-refractivity contribution in [3.63, 3.8) is 0 Å². The first-order chi connectivity index (χ1) is 14.1. The van der Waals surface area contributed by atoms with Gasteiger partial charge in [-0.1, -0.05) is 42.5 Å². The van der Waals surface area contributed by atoms with Crippen LogP contribution in [0.15, 0.2) is 90.9 Å². The van der Waals surface area contributed by atoms with Gasteiger partial charge in [0.2, 0.25) is 0 Å². The minimum Gasteiger partial charge on any atom is -0.317 e. The summed E-state index contributed by atoms with van der Waals surface area (Å²) in [5, 5.41) is 2.58. The third-order valence-electron chi connectivity index (χ3n) is 3.85. The molecular formula is C22H18N4O3. The van der Waals surface area contributed by atoms with E-state index in [0.29, 0.717) is 16.7 Å². The molecule has 1 heterocycles. The van der Waals surface area contributed by atoms with Crippen LogP contribution in [-0.4, -0.2) is 22.7 Å². The summed E-state index contributed by atoms with van der Waals surface area (Å²) in [6.07, 6.45) is 4.61. The van der Waals surface area contributed by atoms with Crippen LogP contribution in [0.1, 0.15) is 26.3 Å². The molecule has 0 aliphatic heterocycles. The van der Waals surface area contributed by atoms with Gasteiger partial charge in [0, 0.05) is 23.5 Å². The summed E-state index contributed by atoms with van der Waals surface area (Å²) >= 11 is 0. The number of carbonyl (C=O) groups excluding carboxylic acids is 3. The van der Waals surface area contributed by atoms with Crippen LogP contribution in [0, 0.1) is 0 Å². The van der Waals surface area contributed by atoms with Gasteiger partial charge >= 0.3 is 0 Å². The van der Waals surface area contributed by atoms with E-state index in [1.807, 2.05) is 0 Å². The summed E-state index contributed by atoms with van der Waals surface area (Å²) in [5.41, 5.74) is 6.00. The Morgan fingerprint density at radius 1 is 0.724 bits per heavy atom. The Balaban J connectivity index is 1.75. The fourth-order valence-electron chi connectivity index (χ4n) is 2.41. The summed E-state index contributed by atoms with van der Waals surface area (Å²) in [4.78, 5) is 41.2. The van der Waals surface area contributed by atoms with Crippen molar-refractivity contribution < 1.29 is 14.4 Å². The lowest BCUT2D eigenvalue weighted by Crippen LogP contribution is -2.45. The van der Waals surface area contributed by atoms with E-state index in [1.54, 1.807) is 85.2 Å². The quantitative estimate of drug-likeness (QED) is 0.463. The van der Waals surface area contributed by atoms with Crippen molar-refractivity contribution in [3.8, 4) is 0 Å². The van der Waals surface area contributed by atoms with E-state index in [1.165, 1.54) is 6.08 Å². The van der Waals surface area contributed by atoms with Gasteiger partial charge in [-0.25, -0.2) is 0 Å². The highest BCUT2D eigenvalue weighted by molar-refractivity contribution is 6.06. The second-order valence-electron chi connectivity index (χ2n) is 5.94. The van der Waals surface area contributed by atoms with Crippen LogP contribution < -0.4 is 16.2 Å². The Bertz CT molecular complexity index is 1020. The molecule has 0 bridgehead atoms. The van der Waals surface area contributed by atoms with Crippen LogP contribution in [0.2, 0.25) is 0 Å². The Kier molecular flexibility index (Phi) is 6.46. The maximum atomic E-state index is 12.6. The number of amides is 3. The average molecular weight is 386 g/mol. The second-order valence-corrected chi connectivity index (χ2v) is 5.94. The minimum absolute atomic E-state index is 0.0415. The van der Waals surface area contributed by atoms with Gasteiger partial charge in [0.15, 0.2) is 0 Å². The van der Waals surface area contributed by atoms with Crippen LogP contribution in [-0.2, 0) is 4.79 Å². The molecule has 7 heteroatoms. The fraction of sp³-hybridized carbons (Fsp3) is 0. The highest BCUT2D eigenvalue weighted by Gasteiger charge is 2.15. The lowest BCUT2D eigenvalue weighted by atomic mass is 10.2. The standard InChI is InChI=1S/C22H18N4O3/c27-20(17-9-3-1-4-10-17)24-19(14-16-8-7-13-23-15-16)22(29)26-25-21(28)18-11-5-2-6-12-18/h1-15H,(H,24,27)(H,25,28)(H,26,29)/b19-14+. The molecule has 2 aromatic carbocycles. The number of hydrogen-bond donors (Lipinski definition) is 3. The van der Waals surface area contributed by atoms with Crippen molar-refractivity contribution in [2.45, 2.75) is 0 Å².